The number of para-hydroxylation sites is 7. The third-order valence-electron chi connectivity index (χ3n) is 19.8. The summed E-state index contributed by atoms with van der Waals surface area (Å²) in [6.45, 7) is 1.40. The number of benzene rings is 11. The Morgan fingerprint density at radius 3 is 0.969 bits per heavy atom. The van der Waals surface area contributed by atoms with Gasteiger partial charge in [0.25, 0.3) is 17.1 Å². The average Bonchev–Trinajstić information content (AvgIpc) is 0.835. The molecular formula is C93H104N12O22. The first-order valence-corrected chi connectivity index (χ1v) is 39.9. The molecule has 0 aliphatic carbocycles. The maximum atomic E-state index is 11.8. The summed E-state index contributed by atoms with van der Waals surface area (Å²) in [5, 5.41) is 147. The Hall–Kier alpha value is -14.8. The molecule has 11 aromatic carbocycles. The smallest absolute Gasteiger partial charge is 0.317 e. The van der Waals surface area contributed by atoms with Gasteiger partial charge in [-0.2, -0.15) is 0 Å². The van der Waals surface area contributed by atoms with Crippen molar-refractivity contribution in [3.05, 3.63) is 358 Å². The number of carbonyl (C=O) groups excluding carboxylic acids is 1. The van der Waals surface area contributed by atoms with Gasteiger partial charge in [0, 0.05) is 165 Å². The van der Waals surface area contributed by atoms with Crippen LogP contribution in [0, 0.1) is 30.3 Å². The molecule has 0 amide bonds. The predicted octanol–water partition coefficient (Wildman–Crippen LogP) is 11.0. The van der Waals surface area contributed by atoms with Gasteiger partial charge in [0.05, 0.1) is 46.5 Å². The number of non-ortho nitro benzene ring substituents is 3. The van der Waals surface area contributed by atoms with Gasteiger partial charge in [-0.25, -0.2) is 0 Å². The Bertz CT molecular complexity index is 5350. The van der Waals surface area contributed by atoms with Crippen LogP contribution in [0.3, 0.4) is 0 Å². The summed E-state index contributed by atoms with van der Waals surface area (Å²) in [4.78, 5) is 94.7. The summed E-state index contributed by atoms with van der Waals surface area (Å²) in [5.41, 5.74) is 25.1. The van der Waals surface area contributed by atoms with Gasteiger partial charge in [-0.05, 0) is 109 Å². The fourth-order valence-electron chi connectivity index (χ4n) is 13.3. The third kappa shape index (κ3) is 35.6. The number of nitrogens with one attached hydrogen (secondary N) is 2. The Morgan fingerprint density at radius 2 is 0.661 bits per heavy atom. The zero-order valence-electron chi connectivity index (χ0n) is 69.3. The molecule has 0 saturated heterocycles. The molecule has 11 rings (SSSR count). The lowest BCUT2D eigenvalue weighted by Crippen LogP contribution is -2.47. The minimum atomic E-state index is -1.11. The lowest BCUT2D eigenvalue weighted by atomic mass is 10.0. The molecule has 4 atom stereocenters. The van der Waals surface area contributed by atoms with Crippen LogP contribution in [0.25, 0.3) is 0 Å². The van der Waals surface area contributed by atoms with E-state index in [1.54, 1.807) is 183 Å². The van der Waals surface area contributed by atoms with Gasteiger partial charge in [-0.1, -0.05) is 170 Å². The number of hydrogen-bond donors (Lipinski definition) is 16. The summed E-state index contributed by atoms with van der Waals surface area (Å²) >= 11 is 0. The maximum Gasteiger partial charge on any atom is 0.317 e. The number of phenols is 7. The number of nitro benzene ring substituents is 3. The van der Waals surface area contributed by atoms with Crippen molar-refractivity contribution in [2.45, 2.75) is 89.1 Å². The number of carboxylic acids is 4. The van der Waals surface area contributed by atoms with Gasteiger partial charge in [-0.3, -0.25) is 73.9 Å². The second kappa shape index (κ2) is 52.0. The van der Waals surface area contributed by atoms with Crippen LogP contribution in [0.5, 0.6) is 40.2 Å². The SMILES string of the molecule is NCC(N)Cc1ccc([N+](=O)[O-])cc1.Nc1ccc(CC(CN(CC(=O)O)Cc2ccccc2O)N(CC(=O)O)Cc2ccccc2O)cc1.O=C(O)CN(Cc1ccccc1O)CC(Cc1ccc([N+](=O)[O-])cc1)N(CC(=O)O)Cc1ccccc1O.O=Cc1ccccc1O.O=[N+]([O-])c1ccc(CC(CNCc2ccccc2O)NCc2ccccc2O)cc1. The van der Waals surface area contributed by atoms with E-state index in [9.17, 15) is 105 Å². The zero-order chi connectivity index (χ0) is 92.3. The Kier molecular flexibility index (Phi) is 40.7. The van der Waals surface area contributed by atoms with Crippen LogP contribution in [-0.2, 0) is 84.1 Å². The number of aromatic hydroxyl groups is 7. The molecule has 0 spiro atoms. The summed E-state index contributed by atoms with van der Waals surface area (Å²) in [5.74, 6) is -3.66. The average molecular weight is 1740 g/mol. The monoisotopic (exact) mass is 1740 g/mol. The highest BCUT2D eigenvalue weighted by atomic mass is 16.6. The molecule has 0 radical (unpaired) electrons. The largest absolute Gasteiger partial charge is 0.508 e. The van der Waals surface area contributed by atoms with Gasteiger partial charge in [0.1, 0.15) is 40.2 Å². The molecule has 11 aromatic rings. The molecule has 0 bridgehead atoms. The fourth-order valence-corrected chi connectivity index (χ4v) is 13.3. The van der Waals surface area contributed by atoms with Crippen LogP contribution >= 0.6 is 0 Å². The molecule has 34 nitrogen and oxygen atoms in total. The number of phenolic OH excluding ortho intramolecular Hbond substituents is 7. The van der Waals surface area contributed by atoms with Crippen molar-refractivity contribution in [1.82, 2.24) is 30.2 Å². The lowest BCUT2D eigenvalue weighted by Gasteiger charge is -2.35. The lowest BCUT2D eigenvalue weighted by molar-refractivity contribution is -0.385. The van der Waals surface area contributed by atoms with E-state index in [-0.39, 0.29) is 135 Å². The highest BCUT2D eigenvalue weighted by Crippen LogP contribution is 2.28. The topological polar surface area (TPSA) is 552 Å². The Balaban J connectivity index is 0.000000232. The van der Waals surface area contributed by atoms with Crippen LogP contribution in [0.1, 0.15) is 66.0 Å². The summed E-state index contributed by atoms with van der Waals surface area (Å²) in [6, 6.07) is 72.1. The fraction of sp³-hybridized carbons (Fsp3) is 0.237. The highest BCUT2D eigenvalue weighted by Gasteiger charge is 2.30. The molecule has 0 heterocycles. The van der Waals surface area contributed by atoms with Crippen LogP contribution in [0.4, 0.5) is 22.7 Å². The second-order valence-electron chi connectivity index (χ2n) is 29.5. The van der Waals surface area contributed by atoms with Crippen molar-refractivity contribution in [3.8, 4) is 40.2 Å². The number of nitrogen functional groups attached to an aromatic ring is 1. The van der Waals surface area contributed by atoms with Gasteiger partial charge in [0.15, 0.2) is 6.29 Å². The van der Waals surface area contributed by atoms with E-state index in [4.69, 9.17) is 22.3 Å². The van der Waals surface area contributed by atoms with E-state index in [0.29, 0.717) is 90.8 Å². The third-order valence-corrected chi connectivity index (χ3v) is 19.8. The van der Waals surface area contributed by atoms with Crippen LogP contribution in [0.2, 0.25) is 0 Å². The van der Waals surface area contributed by atoms with Gasteiger partial charge in [0.2, 0.25) is 0 Å². The normalized spacial score (nSPS) is 11.8. The summed E-state index contributed by atoms with van der Waals surface area (Å²) in [7, 11) is 0. The first kappa shape index (κ1) is 99.4. The van der Waals surface area contributed by atoms with E-state index in [0.717, 1.165) is 27.8 Å². The number of aliphatic carboxylic acids is 4. The number of hydrogen-bond acceptors (Lipinski definition) is 27. The molecular weight excluding hydrogens is 1640 g/mol. The molecule has 127 heavy (non-hydrogen) atoms. The van der Waals surface area contributed by atoms with Crippen LogP contribution < -0.4 is 27.8 Å². The quantitative estimate of drug-likeness (QED) is 0.00731. The number of nitrogens with two attached hydrogens (primary N) is 3. The highest BCUT2D eigenvalue weighted by molar-refractivity contribution is 5.78. The first-order valence-electron chi connectivity index (χ1n) is 39.9. The van der Waals surface area contributed by atoms with E-state index >= 15 is 0 Å². The van der Waals surface area contributed by atoms with Crippen molar-refractivity contribution in [3.63, 3.8) is 0 Å². The number of anilines is 1. The van der Waals surface area contributed by atoms with Crippen LogP contribution in [-0.4, -0.2) is 197 Å². The number of carbonyl (C=O) groups is 5. The molecule has 668 valence electrons. The molecule has 0 fully saturated rings. The van der Waals surface area contributed by atoms with Gasteiger partial charge >= 0.3 is 23.9 Å². The Morgan fingerprint density at radius 1 is 0.370 bits per heavy atom. The van der Waals surface area contributed by atoms with E-state index < -0.39 is 57.3 Å². The standard InChI is InChI=1S/C27H29N3O8.C27H31N3O6.C23H25N3O4.C9H13N3O2.C7H6O2/c31-24-7-3-1-5-20(24)14-28(17-26(33)34)16-23(13-19-9-11-22(12-10-19)30(37)38)29(18-27(35)36)15-21-6-2-4-8-25(21)32;28-22-11-9-19(10-12-22)13-23(30(18-27(35)36)15-21-6-2-4-8-25(21)32)16-29(17-26(33)34)14-20-5-1-3-7-24(20)31;27-22-7-3-1-5-18(22)14-24-16-20(25-15-19-6-2-4-8-23(19)28)13-17-9-11-21(12-10-17)26(29)30;10-6-8(11)5-7-1-3-9(4-2-7)12(13)14;8-5-6-3-1-2-4-7(6)9/h1-12,23,31-32H,13-18H2,(H,33,34)(H,35,36);1-12,23,31-32H,13-18,28H2,(H,33,34)(H,35,36);1-12,20,24-25,27-28H,13-16H2;1-4,8H,5-6,10-11H2;1-5,9H. The zero-order valence-corrected chi connectivity index (χ0v) is 69.3. The van der Waals surface area contributed by atoms with Crippen molar-refractivity contribution in [1.29, 1.82) is 0 Å². The molecule has 0 aliphatic rings. The van der Waals surface area contributed by atoms with E-state index in [1.165, 1.54) is 66.7 Å². The number of carboxylic acid groups (broad SMARTS) is 4. The Labute approximate surface area is 732 Å². The first-order chi connectivity index (χ1) is 60.8. The molecule has 4 unspecified atom stereocenters. The van der Waals surface area contributed by atoms with Crippen molar-refractivity contribution < 1.29 is 94.9 Å². The van der Waals surface area contributed by atoms with E-state index in [1.807, 2.05) is 36.4 Å². The van der Waals surface area contributed by atoms with Crippen molar-refractivity contribution in [2.24, 2.45) is 11.5 Å². The van der Waals surface area contributed by atoms with Crippen molar-refractivity contribution >= 4 is 52.9 Å². The number of aldehydes is 1. The predicted molar refractivity (Wildman–Crippen MR) is 476 cm³/mol. The number of rotatable bonds is 42. The minimum Gasteiger partial charge on any atom is -0.508 e. The molecule has 0 aliphatic heterocycles. The molecule has 34 heteroatoms. The summed E-state index contributed by atoms with van der Waals surface area (Å²) in [6.07, 6.45) is 2.58. The maximum absolute atomic E-state index is 11.8. The van der Waals surface area contributed by atoms with Crippen LogP contribution in [0.15, 0.2) is 267 Å². The molecule has 19 N–H and O–H groups in total. The second-order valence-corrected chi connectivity index (χ2v) is 29.5. The van der Waals surface area contributed by atoms with E-state index in [2.05, 4.69) is 10.6 Å². The summed E-state index contributed by atoms with van der Waals surface area (Å²) < 4.78 is 0. The molecule has 0 aromatic heterocycles. The minimum absolute atomic E-state index is 0.00593. The van der Waals surface area contributed by atoms with Gasteiger partial charge < -0.3 is 84.0 Å². The van der Waals surface area contributed by atoms with Gasteiger partial charge in [-0.15, -0.1) is 0 Å². The molecule has 0 saturated carbocycles. The van der Waals surface area contributed by atoms with Crippen molar-refractivity contribution in [2.75, 3.05) is 58.1 Å². The number of nitro groups is 3. The number of nitrogens with zero attached hydrogens (tertiary/aromatic N) is 7.